The summed E-state index contributed by atoms with van der Waals surface area (Å²) in [5.41, 5.74) is -1.53. The van der Waals surface area contributed by atoms with Gasteiger partial charge in [0, 0.05) is 4.47 Å². The molecule has 16 heavy (non-hydrogen) atoms. The highest BCUT2D eigenvalue weighted by molar-refractivity contribution is 9.10. The van der Waals surface area contributed by atoms with Crippen molar-refractivity contribution in [3.8, 4) is 5.75 Å². The summed E-state index contributed by atoms with van der Waals surface area (Å²) in [5.74, 6) is -1.49. The van der Waals surface area contributed by atoms with E-state index in [0.717, 1.165) is 0 Å². The van der Waals surface area contributed by atoms with Crippen LogP contribution in [0.2, 0.25) is 0 Å². The first-order valence-electron chi connectivity index (χ1n) is 4.04. The first kappa shape index (κ1) is 12.8. The van der Waals surface area contributed by atoms with E-state index in [-0.39, 0.29) is 5.75 Å². The Morgan fingerprint density at radius 2 is 2.00 bits per heavy atom. The maximum atomic E-state index is 12.1. The molecular weight excluding hydrogens is 289 g/mol. The lowest BCUT2D eigenvalue weighted by atomic mass is 10.3. The number of alkyl halides is 3. The van der Waals surface area contributed by atoms with Crippen LogP contribution in [0.4, 0.5) is 13.2 Å². The zero-order chi connectivity index (χ0) is 12.3. The van der Waals surface area contributed by atoms with Gasteiger partial charge in [-0.2, -0.15) is 13.2 Å². The van der Waals surface area contributed by atoms with Crippen LogP contribution in [-0.2, 0) is 4.79 Å². The fourth-order valence-electron chi connectivity index (χ4n) is 0.815. The summed E-state index contributed by atoms with van der Waals surface area (Å²) in [6.07, 6.45) is -4.77. The van der Waals surface area contributed by atoms with Crippen LogP contribution in [0.5, 0.6) is 5.75 Å². The van der Waals surface area contributed by atoms with Gasteiger partial charge in [-0.15, -0.1) is 0 Å². The van der Waals surface area contributed by atoms with Gasteiger partial charge < -0.3 is 4.74 Å². The molecule has 0 heterocycles. The van der Waals surface area contributed by atoms with Crippen molar-refractivity contribution in [3.63, 3.8) is 0 Å². The maximum absolute atomic E-state index is 12.1. The van der Waals surface area contributed by atoms with Crippen molar-refractivity contribution in [2.45, 2.75) is 6.18 Å². The summed E-state index contributed by atoms with van der Waals surface area (Å²) in [7, 11) is 0. The van der Waals surface area contributed by atoms with Crippen LogP contribution >= 0.6 is 15.9 Å². The summed E-state index contributed by atoms with van der Waals surface area (Å²) >= 11 is 3.09. The van der Waals surface area contributed by atoms with Gasteiger partial charge in [0.25, 0.3) is 0 Å². The summed E-state index contributed by atoms with van der Waals surface area (Å²) in [6.45, 7) is 2.63. The molecule has 2 nitrogen and oxygen atoms in total. The predicted octanol–water partition coefficient (Wildman–Crippen LogP) is 3.47. The Morgan fingerprint density at radius 3 is 2.50 bits per heavy atom. The Hall–Kier alpha value is -1.30. The Kier molecular flexibility index (Phi) is 3.74. The highest BCUT2D eigenvalue weighted by Crippen LogP contribution is 2.26. The largest absolute Gasteiger partial charge is 0.423 e. The second-order valence-corrected chi connectivity index (χ2v) is 3.74. The molecule has 0 saturated heterocycles. The number of benzene rings is 1. The smallest absolute Gasteiger partial charge is 0.422 e. The lowest BCUT2D eigenvalue weighted by Gasteiger charge is -2.09. The van der Waals surface area contributed by atoms with Crippen molar-refractivity contribution in [2.24, 2.45) is 0 Å². The highest BCUT2D eigenvalue weighted by Gasteiger charge is 2.38. The van der Waals surface area contributed by atoms with Crippen molar-refractivity contribution in [1.29, 1.82) is 0 Å². The monoisotopic (exact) mass is 294 g/mol. The molecule has 0 atom stereocenters. The second-order valence-electron chi connectivity index (χ2n) is 2.82. The highest BCUT2D eigenvalue weighted by atomic mass is 79.9. The van der Waals surface area contributed by atoms with Crippen LogP contribution < -0.4 is 4.74 Å². The minimum absolute atomic E-state index is 0.0183. The van der Waals surface area contributed by atoms with E-state index in [0.29, 0.717) is 4.47 Å². The zero-order valence-corrected chi connectivity index (χ0v) is 9.43. The Balaban J connectivity index is 2.76. The fourth-order valence-corrected chi connectivity index (χ4v) is 1.19. The van der Waals surface area contributed by atoms with Crippen molar-refractivity contribution < 1.29 is 22.7 Å². The van der Waals surface area contributed by atoms with Gasteiger partial charge in [-0.1, -0.05) is 28.6 Å². The van der Waals surface area contributed by atoms with Crippen LogP contribution in [0.3, 0.4) is 0 Å². The quantitative estimate of drug-likeness (QED) is 0.474. The Bertz CT molecular complexity index is 426. The van der Waals surface area contributed by atoms with Gasteiger partial charge in [0.05, 0.1) is 0 Å². The molecule has 0 radical (unpaired) electrons. The number of halogens is 4. The molecule has 0 unspecified atom stereocenters. The van der Waals surface area contributed by atoms with E-state index in [9.17, 15) is 18.0 Å². The van der Waals surface area contributed by atoms with E-state index in [1.54, 1.807) is 6.07 Å². The van der Waals surface area contributed by atoms with Crippen molar-refractivity contribution in [2.75, 3.05) is 0 Å². The average Bonchev–Trinajstić information content (AvgIpc) is 2.15. The second kappa shape index (κ2) is 4.69. The lowest BCUT2D eigenvalue weighted by molar-refractivity contribution is -0.142. The van der Waals surface area contributed by atoms with Crippen LogP contribution in [0.1, 0.15) is 0 Å². The average molecular weight is 295 g/mol. The first-order valence-corrected chi connectivity index (χ1v) is 4.84. The number of rotatable bonds is 2. The molecule has 86 valence electrons. The zero-order valence-electron chi connectivity index (χ0n) is 7.84. The van der Waals surface area contributed by atoms with Gasteiger partial charge in [-0.05, 0) is 18.2 Å². The molecule has 1 rings (SSSR count). The number of carbonyl (C=O) groups excluding carboxylic acids is 1. The van der Waals surface area contributed by atoms with Crippen LogP contribution in [-0.4, -0.2) is 12.1 Å². The third kappa shape index (κ3) is 3.37. The van der Waals surface area contributed by atoms with Gasteiger partial charge in [-0.25, -0.2) is 4.79 Å². The van der Waals surface area contributed by atoms with Gasteiger partial charge >= 0.3 is 12.1 Å². The Labute approximate surface area is 97.8 Å². The molecule has 0 aliphatic heterocycles. The molecule has 0 bridgehead atoms. The first-order chi connectivity index (χ1) is 7.30. The molecule has 0 aliphatic carbocycles. The van der Waals surface area contributed by atoms with Gasteiger partial charge in [-0.3, -0.25) is 0 Å². The van der Waals surface area contributed by atoms with Gasteiger partial charge in [0.1, 0.15) is 11.3 Å². The number of hydrogen-bond donors (Lipinski definition) is 0. The molecule has 1 aromatic carbocycles. The van der Waals surface area contributed by atoms with Crippen molar-refractivity contribution in [1.82, 2.24) is 0 Å². The summed E-state index contributed by atoms with van der Waals surface area (Å²) in [5, 5.41) is 0. The summed E-state index contributed by atoms with van der Waals surface area (Å²) in [4.78, 5) is 11.0. The lowest BCUT2D eigenvalue weighted by Crippen LogP contribution is -2.23. The molecule has 0 fully saturated rings. The van der Waals surface area contributed by atoms with Gasteiger partial charge in [0.2, 0.25) is 0 Å². The van der Waals surface area contributed by atoms with E-state index in [1.807, 2.05) is 0 Å². The third-order valence-electron chi connectivity index (χ3n) is 1.60. The predicted molar refractivity (Wildman–Crippen MR) is 55.0 cm³/mol. The van der Waals surface area contributed by atoms with Crippen LogP contribution in [0, 0.1) is 0 Å². The number of carbonyl (C=O) groups is 1. The molecule has 0 N–H and O–H groups in total. The number of esters is 1. The fraction of sp³-hybridized carbons (Fsp3) is 0.100. The van der Waals surface area contributed by atoms with E-state index < -0.39 is 17.7 Å². The summed E-state index contributed by atoms with van der Waals surface area (Å²) in [6, 6.07) is 5.92. The van der Waals surface area contributed by atoms with E-state index in [2.05, 4.69) is 27.2 Å². The number of ether oxygens (including phenoxy) is 1. The van der Waals surface area contributed by atoms with E-state index >= 15 is 0 Å². The minimum atomic E-state index is -4.77. The number of hydrogen-bond acceptors (Lipinski definition) is 2. The third-order valence-corrected chi connectivity index (χ3v) is 2.09. The van der Waals surface area contributed by atoms with E-state index in [4.69, 9.17) is 0 Å². The van der Waals surface area contributed by atoms with Gasteiger partial charge in [0.15, 0.2) is 0 Å². The molecule has 0 aliphatic rings. The van der Waals surface area contributed by atoms with Crippen LogP contribution in [0.15, 0.2) is 40.9 Å². The van der Waals surface area contributed by atoms with Crippen LogP contribution in [0.25, 0.3) is 0 Å². The molecule has 0 spiro atoms. The molecular formula is C10H6BrF3O2. The normalized spacial score (nSPS) is 11.0. The molecule has 6 heteroatoms. The summed E-state index contributed by atoms with van der Waals surface area (Å²) < 4.78 is 41.3. The molecule has 0 amide bonds. The standard InChI is InChI=1S/C10H6BrF3O2/c1-6(10(12,13)14)9(15)16-8-4-2-3-7(11)5-8/h2-5H,1H2. The topological polar surface area (TPSA) is 26.3 Å². The molecule has 1 aromatic rings. The molecule has 0 aromatic heterocycles. The van der Waals surface area contributed by atoms with Crippen molar-refractivity contribution >= 4 is 21.9 Å². The van der Waals surface area contributed by atoms with Crippen molar-refractivity contribution in [3.05, 3.63) is 40.9 Å². The molecule has 0 saturated carbocycles. The SMILES string of the molecule is C=C(C(=O)Oc1cccc(Br)c1)C(F)(F)F. The maximum Gasteiger partial charge on any atom is 0.422 e. The minimum Gasteiger partial charge on any atom is -0.423 e. The van der Waals surface area contributed by atoms with E-state index in [1.165, 1.54) is 18.2 Å². The Morgan fingerprint density at radius 1 is 1.38 bits per heavy atom.